The maximum atomic E-state index is 13.5. The van der Waals surface area contributed by atoms with Gasteiger partial charge in [-0.2, -0.15) is 0 Å². The Morgan fingerprint density at radius 2 is 1.79 bits per heavy atom. The van der Waals surface area contributed by atoms with Gasteiger partial charge >= 0.3 is 0 Å². The molecule has 28 heavy (non-hydrogen) atoms. The highest BCUT2D eigenvalue weighted by molar-refractivity contribution is 5.74. The maximum absolute atomic E-state index is 13.5. The van der Waals surface area contributed by atoms with Crippen LogP contribution in [0.3, 0.4) is 0 Å². The molecule has 2 aliphatic rings. The van der Waals surface area contributed by atoms with Crippen molar-refractivity contribution < 1.29 is 4.39 Å². The number of rotatable bonds is 4. The van der Waals surface area contributed by atoms with Gasteiger partial charge in [-0.15, -0.1) is 0 Å². The van der Waals surface area contributed by atoms with Crippen LogP contribution in [0.4, 0.5) is 4.39 Å². The first-order valence-corrected chi connectivity index (χ1v) is 10.9. The van der Waals surface area contributed by atoms with Crippen LogP contribution < -0.4 is 0 Å². The second kappa shape index (κ2) is 9.00. The molecule has 1 aliphatic heterocycles. The molecule has 0 saturated heterocycles. The van der Waals surface area contributed by atoms with E-state index in [2.05, 4.69) is 24.0 Å². The molecule has 0 radical (unpaired) electrons. The van der Waals surface area contributed by atoms with Crippen LogP contribution in [-0.2, 0) is 12.8 Å². The Balaban J connectivity index is 1.74. The van der Waals surface area contributed by atoms with Gasteiger partial charge in [0.15, 0.2) is 0 Å². The van der Waals surface area contributed by atoms with Crippen molar-refractivity contribution in [2.24, 2.45) is 0 Å². The maximum Gasteiger partial charge on any atom is 0.123 e. The van der Waals surface area contributed by atoms with Crippen LogP contribution in [0.2, 0.25) is 0 Å². The predicted molar refractivity (Wildman–Crippen MR) is 115 cm³/mol. The van der Waals surface area contributed by atoms with E-state index in [-0.39, 0.29) is 5.82 Å². The summed E-state index contributed by atoms with van der Waals surface area (Å²) in [7, 11) is 0. The van der Waals surface area contributed by atoms with Gasteiger partial charge in [0.05, 0.1) is 5.69 Å². The summed E-state index contributed by atoms with van der Waals surface area (Å²) < 4.78 is 13.5. The Bertz CT molecular complexity index is 838. The van der Waals surface area contributed by atoms with Crippen molar-refractivity contribution in [3.05, 3.63) is 59.2 Å². The second-order valence-electron chi connectivity index (χ2n) is 8.18. The zero-order valence-corrected chi connectivity index (χ0v) is 17.0. The summed E-state index contributed by atoms with van der Waals surface area (Å²) in [4.78, 5) is 7.66. The SMILES string of the molecule is CCCN1CC=C(c2cc(-c3ccc(F)cc3)c3c(n2)CCCCCC3)CC1. The van der Waals surface area contributed by atoms with E-state index in [0.29, 0.717) is 0 Å². The molecular formula is C25H31FN2. The minimum Gasteiger partial charge on any atom is -0.299 e. The number of hydrogen-bond acceptors (Lipinski definition) is 2. The van der Waals surface area contributed by atoms with Crippen molar-refractivity contribution in [2.75, 3.05) is 19.6 Å². The number of nitrogens with zero attached hydrogens (tertiary/aromatic N) is 2. The average molecular weight is 379 g/mol. The first kappa shape index (κ1) is 19.3. The van der Waals surface area contributed by atoms with E-state index >= 15 is 0 Å². The largest absolute Gasteiger partial charge is 0.299 e. The number of aromatic nitrogens is 1. The molecule has 0 saturated carbocycles. The highest BCUT2D eigenvalue weighted by Gasteiger charge is 2.19. The molecule has 2 nitrogen and oxygen atoms in total. The Morgan fingerprint density at radius 3 is 2.50 bits per heavy atom. The van der Waals surface area contributed by atoms with Crippen LogP contribution in [0.15, 0.2) is 36.4 Å². The number of pyridine rings is 1. The molecule has 0 amide bonds. The molecule has 0 bridgehead atoms. The molecule has 1 aliphatic carbocycles. The molecule has 148 valence electrons. The number of aryl methyl sites for hydroxylation is 1. The average Bonchev–Trinajstić information content (AvgIpc) is 2.69. The van der Waals surface area contributed by atoms with E-state index in [9.17, 15) is 4.39 Å². The van der Waals surface area contributed by atoms with Crippen molar-refractivity contribution in [2.45, 2.75) is 58.3 Å². The van der Waals surface area contributed by atoms with Gasteiger partial charge in [-0.1, -0.05) is 38.0 Å². The zero-order chi connectivity index (χ0) is 19.3. The van der Waals surface area contributed by atoms with Gasteiger partial charge in [-0.25, -0.2) is 4.39 Å². The lowest BCUT2D eigenvalue weighted by atomic mass is 9.89. The van der Waals surface area contributed by atoms with Crippen molar-refractivity contribution in [3.8, 4) is 11.1 Å². The summed E-state index contributed by atoms with van der Waals surface area (Å²) in [5.41, 5.74) is 7.55. The van der Waals surface area contributed by atoms with Crippen molar-refractivity contribution in [1.29, 1.82) is 0 Å². The van der Waals surface area contributed by atoms with Crippen LogP contribution >= 0.6 is 0 Å². The van der Waals surface area contributed by atoms with E-state index in [4.69, 9.17) is 4.98 Å². The van der Waals surface area contributed by atoms with Gasteiger partial charge in [0.1, 0.15) is 5.82 Å². The lowest BCUT2D eigenvalue weighted by Gasteiger charge is -2.26. The molecule has 1 aromatic heterocycles. The summed E-state index contributed by atoms with van der Waals surface area (Å²) >= 11 is 0. The topological polar surface area (TPSA) is 16.1 Å². The molecule has 0 N–H and O–H groups in total. The molecule has 1 aromatic carbocycles. The third-order valence-corrected chi connectivity index (χ3v) is 6.12. The number of fused-ring (bicyclic) bond motifs is 1. The number of hydrogen-bond donors (Lipinski definition) is 0. The Kier molecular flexibility index (Phi) is 6.21. The summed E-state index contributed by atoms with van der Waals surface area (Å²) in [6, 6.07) is 9.27. The van der Waals surface area contributed by atoms with Gasteiger partial charge in [0.25, 0.3) is 0 Å². The highest BCUT2D eigenvalue weighted by Crippen LogP contribution is 2.33. The molecular weight excluding hydrogens is 347 g/mol. The quantitative estimate of drug-likeness (QED) is 0.644. The van der Waals surface area contributed by atoms with Crippen molar-refractivity contribution in [1.82, 2.24) is 9.88 Å². The number of benzene rings is 1. The number of halogens is 1. The lowest BCUT2D eigenvalue weighted by Crippen LogP contribution is -2.29. The van der Waals surface area contributed by atoms with Gasteiger partial charge in [0, 0.05) is 18.8 Å². The Hall–Kier alpha value is -2.00. The van der Waals surface area contributed by atoms with Crippen LogP contribution in [0, 0.1) is 5.82 Å². The molecule has 2 heterocycles. The molecule has 0 atom stereocenters. The van der Waals surface area contributed by atoms with Crippen molar-refractivity contribution in [3.63, 3.8) is 0 Å². The fourth-order valence-electron chi connectivity index (χ4n) is 4.57. The zero-order valence-electron chi connectivity index (χ0n) is 17.0. The smallest absolute Gasteiger partial charge is 0.123 e. The van der Waals surface area contributed by atoms with E-state index in [0.717, 1.165) is 43.6 Å². The lowest BCUT2D eigenvalue weighted by molar-refractivity contribution is 0.302. The second-order valence-corrected chi connectivity index (χ2v) is 8.18. The van der Waals surface area contributed by atoms with Crippen LogP contribution in [0.5, 0.6) is 0 Å². The first-order valence-electron chi connectivity index (χ1n) is 10.9. The summed E-state index contributed by atoms with van der Waals surface area (Å²) in [6.07, 6.45) is 11.8. The van der Waals surface area contributed by atoms with Crippen molar-refractivity contribution >= 4 is 5.57 Å². The molecule has 0 unspecified atom stereocenters. The minimum absolute atomic E-state index is 0.174. The van der Waals surface area contributed by atoms with E-state index in [1.54, 1.807) is 12.1 Å². The van der Waals surface area contributed by atoms with E-state index in [1.165, 1.54) is 61.0 Å². The molecule has 3 heteroatoms. The predicted octanol–water partition coefficient (Wildman–Crippen LogP) is 6.05. The van der Waals surface area contributed by atoms with E-state index in [1.807, 2.05) is 12.1 Å². The molecule has 2 aromatic rings. The first-order chi connectivity index (χ1) is 13.7. The monoisotopic (exact) mass is 378 g/mol. The molecule has 4 rings (SSSR count). The summed E-state index contributed by atoms with van der Waals surface area (Å²) in [5, 5.41) is 0. The van der Waals surface area contributed by atoms with Gasteiger partial charge in [-0.05, 0) is 85.5 Å². The van der Waals surface area contributed by atoms with Gasteiger partial charge < -0.3 is 0 Å². The fourth-order valence-corrected chi connectivity index (χ4v) is 4.57. The summed E-state index contributed by atoms with van der Waals surface area (Å²) in [5.74, 6) is -0.174. The molecule has 0 spiro atoms. The Morgan fingerprint density at radius 1 is 1.00 bits per heavy atom. The highest BCUT2D eigenvalue weighted by atomic mass is 19.1. The van der Waals surface area contributed by atoms with E-state index < -0.39 is 0 Å². The van der Waals surface area contributed by atoms with Crippen LogP contribution in [-0.4, -0.2) is 29.5 Å². The minimum atomic E-state index is -0.174. The Labute approximate surface area is 168 Å². The normalized spacial score (nSPS) is 18.1. The third-order valence-electron chi connectivity index (χ3n) is 6.12. The van der Waals surface area contributed by atoms with Crippen LogP contribution in [0.25, 0.3) is 16.7 Å². The third kappa shape index (κ3) is 4.35. The standard InChI is InChI=1S/C25H31FN2/c1-2-15-28-16-13-20(14-17-28)25-18-23(19-9-11-21(26)12-10-19)22-7-5-3-4-6-8-24(22)27-25/h9-13,18H,2-8,14-17H2,1H3. The summed E-state index contributed by atoms with van der Waals surface area (Å²) in [6.45, 7) is 5.55. The van der Waals surface area contributed by atoms with Crippen LogP contribution in [0.1, 0.15) is 62.4 Å². The molecule has 0 fully saturated rings. The fraction of sp³-hybridized carbons (Fsp3) is 0.480. The van der Waals surface area contributed by atoms with Gasteiger partial charge in [0.2, 0.25) is 0 Å². The van der Waals surface area contributed by atoms with Gasteiger partial charge in [-0.3, -0.25) is 9.88 Å².